The smallest absolute Gasteiger partial charge is 0.293 e. The molecule has 0 aliphatic rings. The van der Waals surface area contributed by atoms with Gasteiger partial charge >= 0.3 is 11.4 Å². The Morgan fingerprint density at radius 2 is 1.19 bits per heavy atom. The van der Waals surface area contributed by atoms with Gasteiger partial charge in [-0.15, -0.1) is 0 Å². The maximum absolute atomic E-state index is 11.2. The summed E-state index contributed by atoms with van der Waals surface area (Å²) in [5.41, 5.74) is 2.47. The van der Waals surface area contributed by atoms with E-state index in [1.807, 2.05) is 0 Å². The molecule has 0 fully saturated rings. The van der Waals surface area contributed by atoms with Crippen LogP contribution in [0.4, 0.5) is 28.4 Å². The first-order chi connectivity index (χ1) is 12.1. The van der Waals surface area contributed by atoms with Crippen LogP contribution < -0.4 is 10.9 Å². The van der Waals surface area contributed by atoms with Crippen LogP contribution in [0, 0.1) is 37.3 Å². The molecule has 0 atom stereocenters. The predicted molar refractivity (Wildman–Crippen MR) is 94.8 cm³/mol. The lowest BCUT2D eigenvalue weighted by Gasteiger charge is -2.12. The van der Waals surface area contributed by atoms with Crippen LogP contribution in [0.5, 0.6) is 0 Å². The van der Waals surface area contributed by atoms with Gasteiger partial charge < -0.3 is 0 Å². The minimum Gasteiger partial charge on any atom is -0.293 e. The molecule has 0 aliphatic heterocycles. The molecule has 0 radical (unpaired) electrons. The number of hydrogen-bond acceptors (Lipinski definition) is 8. The minimum atomic E-state index is -0.818. The van der Waals surface area contributed by atoms with Crippen LogP contribution in [0.25, 0.3) is 0 Å². The third-order valence-electron chi connectivity index (χ3n) is 3.18. The number of hydrazine groups is 1. The van der Waals surface area contributed by atoms with Gasteiger partial charge in [-0.25, -0.2) is 0 Å². The van der Waals surface area contributed by atoms with Crippen molar-refractivity contribution in [2.75, 3.05) is 10.9 Å². The highest BCUT2D eigenvalue weighted by Crippen LogP contribution is 2.38. The number of hydrogen-bond donors (Lipinski definition) is 2. The standard InChI is InChI=1S/C13H9Cl2N5O6/c1-6-2-9(18(21)22)13(10(3-6)19(23)24)17-16-12-8(15)4-7(14)5-11(12)20(25)26/h2-5,16-17H,1H3. The van der Waals surface area contributed by atoms with Crippen molar-refractivity contribution in [3.8, 4) is 0 Å². The highest BCUT2D eigenvalue weighted by Gasteiger charge is 2.27. The highest BCUT2D eigenvalue weighted by atomic mass is 35.5. The fourth-order valence-electron chi connectivity index (χ4n) is 2.12. The largest absolute Gasteiger partial charge is 0.301 e. The Balaban J connectivity index is 2.53. The van der Waals surface area contributed by atoms with Crippen LogP contribution in [0.3, 0.4) is 0 Å². The Bertz CT molecular complexity index is 900. The monoisotopic (exact) mass is 401 g/mol. The summed E-state index contributed by atoms with van der Waals surface area (Å²) in [5.74, 6) is 0. The van der Waals surface area contributed by atoms with Crippen molar-refractivity contribution in [3.05, 3.63) is 70.2 Å². The number of benzene rings is 2. The van der Waals surface area contributed by atoms with Gasteiger partial charge in [-0.1, -0.05) is 23.2 Å². The molecule has 11 nitrogen and oxygen atoms in total. The molecule has 2 aromatic carbocycles. The van der Waals surface area contributed by atoms with Crippen LogP contribution in [0.2, 0.25) is 10.0 Å². The van der Waals surface area contributed by atoms with Crippen LogP contribution >= 0.6 is 23.2 Å². The summed E-state index contributed by atoms with van der Waals surface area (Å²) in [4.78, 5) is 31.1. The van der Waals surface area contributed by atoms with Crippen molar-refractivity contribution < 1.29 is 14.8 Å². The number of halogens is 2. The number of nitrogens with one attached hydrogen (secondary N) is 2. The van der Waals surface area contributed by atoms with E-state index in [9.17, 15) is 30.3 Å². The molecule has 0 aliphatic carbocycles. The number of anilines is 2. The number of aryl methyl sites for hydroxylation is 1. The maximum Gasteiger partial charge on any atom is 0.301 e. The molecule has 2 aromatic rings. The minimum absolute atomic E-state index is 0.000419. The van der Waals surface area contributed by atoms with Gasteiger partial charge in [0.1, 0.15) is 0 Å². The van der Waals surface area contributed by atoms with Crippen molar-refractivity contribution in [2.45, 2.75) is 6.92 Å². The molecule has 13 heteroatoms. The molecular formula is C13H9Cl2N5O6. The van der Waals surface area contributed by atoms with E-state index in [1.54, 1.807) is 0 Å². The highest BCUT2D eigenvalue weighted by molar-refractivity contribution is 6.37. The van der Waals surface area contributed by atoms with E-state index in [-0.39, 0.29) is 15.7 Å². The first kappa shape index (κ1) is 19.1. The van der Waals surface area contributed by atoms with E-state index >= 15 is 0 Å². The van der Waals surface area contributed by atoms with E-state index in [0.29, 0.717) is 5.56 Å². The second-order valence-electron chi connectivity index (χ2n) is 4.98. The molecular weight excluding hydrogens is 393 g/mol. The molecule has 136 valence electrons. The predicted octanol–water partition coefficient (Wildman–Crippen LogP) is 4.47. The molecule has 2 N–H and O–H groups in total. The van der Waals surface area contributed by atoms with E-state index < -0.39 is 37.5 Å². The van der Waals surface area contributed by atoms with Crippen LogP contribution in [0.1, 0.15) is 5.56 Å². The molecule has 0 unspecified atom stereocenters. The fraction of sp³-hybridized carbons (Fsp3) is 0.0769. The van der Waals surface area contributed by atoms with Gasteiger partial charge in [0.2, 0.25) is 5.69 Å². The summed E-state index contributed by atoms with van der Waals surface area (Å²) in [6.45, 7) is 1.46. The summed E-state index contributed by atoms with van der Waals surface area (Å²) >= 11 is 11.6. The third-order valence-corrected chi connectivity index (χ3v) is 3.69. The van der Waals surface area contributed by atoms with Gasteiger partial charge in [0, 0.05) is 23.2 Å². The number of rotatable bonds is 6. The molecule has 0 bridgehead atoms. The van der Waals surface area contributed by atoms with Crippen LogP contribution in [-0.4, -0.2) is 14.8 Å². The normalized spacial score (nSPS) is 10.3. The topological polar surface area (TPSA) is 153 Å². The second kappa shape index (κ2) is 7.37. The van der Waals surface area contributed by atoms with Crippen molar-refractivity contribution in [1.29, 1.82) is 0 Å². The van der Waals surface area contributed by atoms with Gasteiger partial charge in [0.25, 0.3) is 5.69 Å². The van der Waals surface area contributed by atoms with Crippen molar-refractivity contribution in [1.82, 2.24) is 0 Å². The average molecular weight is 402 g/mol. The first-order valence-electron chi connectivity index (χ1n) is 6.70. The fourth-order valence-corrected chi connectivity index (χ4v) is 2.65. The summed E-state index contributed by atoms with van der Waals surface area (Å²) in [6.07, 6.45) is 0. The molecule has 0 heterocycles. The van der Waals surface area contributed by atoms with Crippen molar-refractivity contribution >= 4 is 51.6 Å². The van der Waals surface area contributed by atoms with Crippen LogP contribution in [0.15, 0.2) is 24.3 Å². The van der Waals surface area contributed by atoms with Crippen LogP contribution in [-0.2, 0) is 0 Å². The summed E-state index contributed by atoms with van der Waals surface area (Å²) in [6, 6.07) is 4.46. The van der Waals surface area contributed by atoms with E-state index in [0.717, 1.165) is 18.2 Å². The lowest BCUT2D eigenvalue weighted by Crippen LogP contribution is -2.14. The molecule has 0 saturated carbocycles. The third kappa shape index (κ3) is 3.90. The summed E-state index contributed by atoms with van der Waals surface area (Å²) in [5, 5.41) is 33.4. The van der Waals surface area contributed by atoms with E-state index in [2.05, 4.69) is 10.9 Å². The zero-order valence-electron chi connectivity index (χ0n) is 12.9. The Morgan fingerprint density at radius 1 is 0.769 bits per heavy atom. The zero-order chi connectivity index (χ0) is 19.6. The maximum atomic E-state index is 11.2. The van der Waals surface area contributed by atoms with Crippen molar-refractivity contribution in [2.24, 2.45) is 0 Å². The van der Waals surface area contributed by atoms with E-state index in [4.69, 9.17) is 23.2 Å². The Morgan fingerprint density at radius 3 is 1.65 bits per heavy atom. The Kier molecular flexibility index (Phi) is 5.43. The molecule has 26 heavy (non-hydrogen) atoms. The quantitative estimate of drug-likeness (QED) is 0.530. The lowest BCUT2D eigenvalue weighted by atomic mass is 10.1. The summed E-state index contributed by atoms with van der Waals surface area (Å²) < 4.78 is 0. The Labute approximate surface area is 154 Å². The number of nitrogens with zero attached hydrogens (tertiary/aromatic N) is 3. The number of nitro benzene ring substituents is 3. The Hall–Kier alpha value is -3.18. The number of nitro groups is 3. The molecule has 0 aromatic heterocycles. The molecule has 2 rings (SSSR count). The van der Waals surface area contributed by atoms with Gasteiger partial charge in [-0.3, -0.25) is 41.2 Å². The lowest BCUT2D eigenvalue weighted by molar-refractivity contribution is -0.392. The first-order valence-corrected chi connectivity index (χ1v) is 7.46. The SMILES string of the molecule is Cc1cc([N+](=O)[O-])c(NNc2c(Cl)cc(Cl)cc2[N+](=O)[O-])c([N+](=O)[O-])c1. The molecule has 0 spiro atoms. The zero-order valence-corrected chi connectivity index (χ0v) is 14.4. The molecule has 0 amide bonds. The average Bonchev–Trinajstić information content (AvgIpc) is 2.53. The summed E-state index contributed by atoms with van der Waals surface area (Å²) in [7, 11) is 0. The molecule has 0 saturated heterocycles. The van der Waals surface area contributed by atoms with Gasteiger partial charge in [0.15, 0.2) is 5.69 Å². The van der Waals surface area contributed by atoms with Crippen molar-refractivity contribution in [3.63, 3.8) is 0 Å². The second-order valence-corrected chi connectivity index (χ2v) is 5.82. The van der Waals surface area contributed by atoms with Gasteiger partial charge in [-0.05, 0) is 18.6 Å². The van der Waals surface area contributed by atoms with Gasteiger partial charge in [0.05, 0.1) is 19.8 Å². The van der Waals surface area contributed by atoms with E-state index in [1.165, 1.54) is 13.0 Å². The van der Waals surface area contributed by atoms with Gasteiger partial charge in [-0.2, -0.15) is 0 Å².